The minimum Gasteiger partial charge on any atom is -0.548 e. The van der Waals surface area contributed by atoms with Crippen LogP contribution in [0.4, 0.5) is 0 Å². The van der Waals surface area contributed by atoms with Gasteiger partial charge in [-0.05, 0) is 118 Å². The van der Waals surface area contributed by atoms with Crippen molar-refractivity contribution in [3.8, 4) is 0 Å². The Balaban J connectivity index is 1.48. The van der Waals surface area contributed by atoms with Gasteiger partial charge in [-0.1, -0.05) is 34.6 Å². The van der Waals surface area contributed by atoms with E-state index >= 15 is 0 Å². The average Bonchev–Trinajstić information content (AvgIpc) is 3.22. The molecule has 0 N–H and O–H groups in total. The molecule has 4 nitrogen and oxygen atoms in total. The highest BCUT2D eigenvalue weighted by Gasteiger charge is 2.68. The van der Waals surface area contributed by atoms with Gasteiger partial charge in [0, 0.05) is 12.3 Å². The van der Waals surface area contributed by atoms with Crippen molar-refractivity contribution in [2.24, 2.45) is 34.5 Å². The molecule has 0 spiro atoms. The van der Waals surface area contributed by atoms with Gasteiger partial charge in [0.25, 0.3) is 0 Å². The fourth-order valence-corrected chi connectivity index (χ4v) is 11.3. The lowest BCUT2D eigenvalue weighted by molar-refractivity contribution is -0.175. The number of hydrogen-bond acceptors (Lipinski definition) is 4. The fraction of sp³-hybridized carbons (Fsp3) is 0.935. The van der Waals surface area contributed by atoms with Crippen molar-refractivity contribution in [3.05, 3.63) is 11.8 Å². The van der Waals surface area contributed by atoms with Crippen LogP contribution in [-0.2, 0) is 18.3 Å². The number of fused-ring (bicyclic) bond motifs is 8. The van der Waals surface area contributed by atoms with Crippen LogP contribution in [0.5, 0.6) is 0 Å². The van der Waals surface area contributed by atoms with Gasteiger partial charge in [-0.15, -0.1) is 0 Å². The maximum Gasteiger partial charge on any atom is 0.241 e. The number of ether oxygens (including phenoxy) is 2. The lowest BCUT2D eigenvalue weighted by atomic mass is 9.44. The lowest BCUT2D eigenvalue weighted by Gasteiger charge is -2.62. The monoisotopic (exact) mass is 548 g/mol. The summed E-state index contributed by atoms with van der Waals surface area (Å²) in [4.78, 5) is 0. The van der Waals surface area contributed by atoms with Crippen molar-refractivity contribution >= 4 is 16.6 Å². The summed E-state index contributed by atoms with van der Waals surface area (Å²) in [6, 6.07) is 0. The molecular formula is C31H56O4Si2. The minimum atomic E-state index is -1.83. The van der Waals surface area contributed by atoms with E-state index < -0.39 is 22.4 Å². The predicted molar refractivity (Wildman–Crippen MR) is 156 cm³/mol. The van der Waals surface area contributed by atoms with Crippen LogP contribution >= 0.6 is 0 Å². The number of allylic oxidation sites excluding steroid dienone is 2. The summed E-state index contributed by atoms with van der Waals surface area (Å²) < 4.78 is 27.5. The Labute approximate surface area is 229 Å². The molecule has 1 heterocycles. The van der Waals surface area contributed by atoms with Crippen molar-refractivity contribution in [3.63, 3.8) is 0 Å². The summed E-state index contributed by atoms with van der Waals surface area (Å²) in [6.07, 6.45) is 10.3. The van der Waals surface area contributed by atoms with E-state index in [4.69, 9.17) is 18.3 Å². The van der Waals surface area contributed by atoms with Gasteiger partial charge in [0.05, 0.1) is 24.1 Å². The second-order valence-corrected chi connectivity index (χ2v) is 25.9. The molecule has 4 aliphatic carbocycles. The molecule has 9 atom stereocenters. The summed E-state index contributed by atoms with van der Waals surface area (Å²) in [5.74, 6) is 3.03. The van der Waals surface area contributed by atoms with Crippen molar-refractivity contribution in [2.45, 2.75) is 149 Å². The first-order valence-corrected chi connectivity index (χ1v) is 21.5. The first-order valence-electron chi connectivity index (χ1n) is 15.2. The van der Waals surface area contributed by atoms with Gasteiger partial charge in [0.2, 0.25) is 8.32 Å². The molecule has 5 rings (SSSR count). The van der Waals surface area contributed by atoms with E-state index in [0.29, 0.717) is 29.8 Å². The van der Waals surface area contributed by atoms with Crippen molar-refractivity contribution in [1.29, 1.82) is 0 Å². The van der Waals surface area contributed by atoms with Crippen LogP contribution in [0.1, 0.15) is 87.0 Å². The van der Waals surface area contributed by atoms with Crippen molar-refractivity contribution in [2.75, 3.05) is 0 Å². The molecule has 0 aromatic carbocycles. The molecule has 6 heteroatoms. The topological polar surface area (TPSA) is 36.9 Å². The summed E-state index contributed by atoms with van der Waals surface area (Å²) in [6.45, 7) is 28.3. The highest BCUT2D eigenvalue weighted by Crippen LogP contribution is 2.69. The minimum absolute atomic E-state index is 0.151. The molecule has 0 aromatic heterocycles. The van der Waals surface area contributed by atoms with Crippen LogP contribution in [0.25, 0.3) is 0 Å². The highest BCUT2D eigenvalue weighted by atomic mass is 28.4. The van der Waals surface area contributed by atoms with Crippen LogP contribution in [0.15, 0.2) is 11.8 Å². The molecule has 212 valence electrons. The van der Waals surface area contributed by atoms with Gasteiger partial charge in [0.15, 0.2) is 14.1 Å². The smallest absolute Gasteiger partial charge is 0.241 e. The zero-order valence-electron chi connectivity index (χ0n) is 26.0. The third-order valence-corrected chi connectivity index (χ3v) is 17.1. The Hall–Kier alpha value is -0.146. The molecule has 5 aliphatic rings. The molecule has 1 saturated heterocycles. The summed E-state index contributed by atoms with van der Waals surface area (Å²) in [5.41, 5.74) is 0.471. The van der Waals surface area contributed by atoms with Crippen molar-refractivity contribution < 1.29 is 18.3 Å². The van der Waals surface area contributed by atoms with E-state index in [1.54, 1.807) is 0 Å². The Morgan fingerprint density at radius 2 is 1.46 bits per heavy atom. The van der Waals surface area contributed by atoms with Crippen LogP contribution in [0.3, 0.4) is 0 Å². The van der Waals surface area contributed by atoms with Crippen LogP contribution in [0, 0.1) is 34.5 Å². The zero-order chi connectivity index (χ0) is 27.4. The molecule has 0 radical (unpaired) electrons. The van der Waals surface area contributed by atoms with Gasteiger partial charge >= 0.3 is 0 Å². The normalized spacial score (nSPS) is 45.4. The van der Waals surface area contributed by atoms with Gasteiger partial charge in [-0.2, -0.15) is 0 Å². The largest absolute Gasteiger partial charge is 0.548 e. The van der Waals surface area contributed by atoms with Gasteiger partial charge in [0.1, 0.15) is 0 Å². The van der Waals surface area contributed by atoms with Gasteiger partial charge < -0.3 is 18.3 Å². The Bertz CT molecular complexity index is 930. The Kier molecular flexibility index (Phi) is 6.66. The summed E-state index contributed by atoms with van der Waals surface area (Å²) >= 11 is 0. The molecule has 37 heavy (non-hydrogen) atoms. The molecule has 0 amide bonds. The number of hydrogen-bond donors (Lipinski definition) is 0. The first-order chi connectivity index (χ1) is 16.8. The van der Waals surface area contributed by atoms with E-state index in [1.807, 2.05) is 0 Å². The second kappa shape index (κ2) is 8.68. The molecule has 1 aliphatic heterocycles. The van der Waals surface area contributed by atoms with E-state index in [9.17, 15) is 0 Å². The Morgan fingerprint density at radius 1 is 0.838 bits per heavy atom. The average molecular weight is 549 g/mol. The van der Waals surface area contributed by atoms with Crippen LogP contribution < -0.4 is 0 Å². The summed E-state index contributed by atoms with van der Waals surface area (Å²) in [7, 11) is -3.47. The fourth-order valence-electron chi connectivity index (χ4n) is 8.94. The SMILES string of the molecule is CC1(C)OC2C(O1)C1CC(O[Si](C)(C)C)=CC[C@]1(C)C1CC[C@]3(C)C(O[Si](C)(C)C(C)(C)C)CCC3C21. The third-order valence-electron chi connectivity index (χ3n) is 11.8. The van der Waals surface area contributed by atoms with E-state index in [1.165, 1.54) is 31.4 Å². The standard InChI is InChI=1S/C31H56O4Si2/c1-28(2,3)37(11,12)35-24-14-13-21-25-22(16-18-31(21,24)7)30(6)17-15-20(34-36(8,9)10)19-23(30)26-27(25)33-29(4,5)32-26/h15,21-27H,13-14,16-19H2,1-12H3/t21?,22?,23?,24?,25?,26?,27?,30-,31+/m1/s1. The predicted octanol–water partition coefficient (Wildman–Crippen LogP) is 8.50. The molecule has 4 fully saturated rings. The maximum absolute atomic E-state index is 7.20. The van der Waals surface area contributed by atoms with Gasteiger partial charge in [-0.25, -0.2) is 0 Å². The van der Waals surface area contributed by atoms with Gasteiger partial charge in [-0.3, -0.25) is 0 Å². The number of rotatable bonds is 4. The van der Waals surface area contributed by atoms with Crippen molar-refractivity contribution in [1.82, 2.24) is 0 Å². The van der Waals surface area contributed by atoms with Crippen LogP contribution in [0.2, 0.25) is 37.8 Å². The molecular weight excluding hydrogens is 493 g/mol. The highest BCUT2D eigenvalue weighted by molar-refractivity contribution is 6.74. The Morgan fingerprint density at radius 3 is 2.08 bits per heavy atom. The van der Waals surface area contributed by atoms with Crippen LogP contribution in [-0.4, -0.2) is 40.7 Å². The van der Waals surface area contributed by atoms with E-state index in [-0.39, 0.29) is 28.1 Å². The lowest BCUT2D eigenvalue weighted by Crippen LogP contribution is -2.63. The second-order valence-electron chi connectivity index (χ2n) is 16.7. The van der Waals surface area contributed by atoms with E-state index in [0.717, 1.165) is 12.8 Å². The maximum atomic E-state index is 7.20. The molecule has 3 saturated carbocycles. The zero-order valence-corrected chi connectivity index (χ0v) is 28.0. The first kappa shape index (κ1) is 28.4. The molecule has 7 unspecified atom stereocenters. The van der Waals surface area contributed by atoms with E-state index in [2.05, 4.69) is 87.3 Å². The third kappa shape index (κ3) is 4.66. The quantitative estimate of drug-likeness (QED) is 0.330. The molecule has 0 aromatic rings. The molecule has 0 bridgehead atoms. The summed E-state index contributed by atoms with van der Waals surface area (Å²) in [5, 5.41) is 0.242.